The van der Waals surface area contributed by atoms with Gasteiger partial charge in [-0.2, -0.15) is 0 Å². The molecular formula is C18H22N2OS2. The number of hydrogen-bond acceptors (Lipinski definition) is 3. The first-order chi connectivity index (χ1) is 11.2. The van der Waals surface area contributed by atoms with Gasteiger partial charge >= 0.3 is 0 Å². The zero-order valence-electron chi connectivity index (χ0n) is 13.3. The lowest BCUT2D eigenvalue weighted by Gasteiger charge is -2.28. The van der Waals surface area contributed by atoms with E-state index in [1.807, 2.05) is 6.07 Å². The van der Waals surface area contributed by atoms with Crippen molar-refractivity contribution in [3.8, 4) is 0 Å². The summed E-state index contributed by atoms with van der Waals surface area (Å²) in [7, 11) is 0. The zero-order valence-corrected chi connectivity index (χ0v) is 15.0. The molecule has 1 atom stereocenters. The lowest BCUT2D eigenvalue weighted by molar-refractivity contribution is 0.0907. The molecular weight excluding hydrogens is 324 g/mol. The molecule has 1 aliphatic rings. The number of thiophene rings is 1. The molecule has 23 heavy (non-hydrogen) atoms. The summed E-state index contributed by atoms with van der Waals surface area (Å²) in [4.78, 5) is 3.54. The predicted octanol–water partition coefficient (Wildman–Crippen LogP) is 4.43. The van der Waals surface area contributed by atoms with E-state index in [9.17, 15) is 0 Å². The normalized spacial score (nSPS) is 17.2. The van der Waals surface area contributed by atoms with Gasteiger partial charge in [-0.15, -0.1) is 11.3 Å². The maximum Gasteiger partial charge on any atom is 0.173 e. The maximum atomic E-state index is 5.80. The molecule has 5 heteroatoms. The lowest BCUT2D eigenvalue weighted by Crippen LogP contribution is -2.39. The highest BCUT2D eigenvalue weighted by atomic mass is 32.1. The number of anilines is 1. The van der Waals surface area contributed by atoms with Gasteiger partial charge in [0.05, 0.1) is 12.6 Å². The van der Waals surface area contributed by atoms with Crippen molar-refractivity contribution in [2.75, 3.05) is 18.5 Å². The van der Waals surface area contributed by atoms with Gasteiger partial charge in [0, 0.05) is 23.7 Å². The predicted molar refractivity (Wildman–Crippen MR) is 101 cm³/mol. The van der Waals surface area contributed by atoms with Gasteiger partial charge in [0.15, 0.2) is 5.11 Å². The van der Waals surface area contributed by atoms with Crippen molar-refractivity contribution in [1.29, 1.82) is 0 Å². The number of thiocarbonyl (C=S) groups is 1. The van der Waals surface area contributed by atoms with E-state index in [0.29, 0.717) is 0 Å². The molecule has 1 saturated heterocycles. The van der Waals surface area contributed by atoms with Crippen LogP contribution in [0.15, 0.2) is 41.8 Å². The van der Waals surface area contributed by atoms with Gasteiger partial charge in [0.2, 0.25) is 0 Å². The average molecular weight is 347 g/mol. The fourth-order valence-electron chi connectivity index (χ4n) is 2.77. The number of benzene rings is 1. The first-order valence-electron chi connectivity index (χ1n) is 7.97. The highest BCUT2D eigenvalue weighted by Crippen LogP contribution is 2.19. The molecule has 2 aromatic rings. The van der Waals surface area contributed by atoms with Crippen LogP contribution in [0.25, 0.3) is 0 Å². The fraction of sp³-hybridized carbons (Fsp3) is 0.389. The molecule has 0 radical (unpaired) electrons. The number of nitrogens with zero attached hydrogens (tertiary/aromatic N) is 1. The highest BCUT2D eigenvalue weighted by Gasteiger charge is 2.21. The summed E-state index contributed by atoms with van der Waals surface area (Å²) in [6, 6.07) is 12.5. The van der Waals surface area contributed by atoms with Crippen LogP contribution in [0.5, 0.6) is 0 Å². The van der Waals surface area contributed by atoms with E-state index in [-0.39, 0.29) is 6.10 Å². The number of aryl methyl sites for hydroxylation is 1. The first kappa shape index (κ1) is 16.4. The summed E-state index contributed by atoms with van der Waals surface area (Å²) < 4.78 is 5.80. The van der Waals surface area contributed by atoms with E-state index < -0.39 is 0 Å². The molecule has 3 rings (SSSR count). The maximum absolute atomic E-state index is 5.80. The third kappa shape index (κ3) is 4.77. The monoisotopic (exact) mass is 346 g/mol. The van der Waals surface area contributed by atoms with Crippen molar-refractivity contribution in [1.82, 2.24) is 4.90 Å². The Labute approximate surface area is 147 Å². The van der Waals surface area contributed by atoms with Crippen LogP contribution in [0, 0.1) is 6.92 Å². The molecule has 0 unspecified atom stereocenters. The zero-order chi connectivity index (χ0) is 16.1. The van der Waals surface area contributed by atoms with Gasteiger partial charge < -0.3 is 15.0 Å². The molecule has 1 aromatic heterocycles. The van der Waals surface area contributed by atoms with Crippen LogP contribution in [0.3, 0.4) is 0 Å². The van der Waals surface area contributed by atoms with Crippen LogP contribution < -0.4 is 5.32 Å². The van der Waals surface area contributed by atoms with Crippen molar-refractivity contribution in [2.45, 2.75) is 32.4 Å². The Morgan fingerprint density at radius 3 is 3.00 bits per heavy atom. The van der Waals surface area contributed by atoms with Gasteiger partial charge in [0.1, 0.15) is 0 Å². The Morgan fingerprint density at radius 1 is 1.39 bits per heavy atom. The van der Waals surface area contributed by atoms with E-state index >= 15 is 0 Å². The summed E-state index contributed by atoms with van der Waals surface area (Å²) in [6.07, 6.45) is 2.55. The molecule has 0 saturated carbocycles. The summed E-state index contributed by atoms with van der Waals surface area (Å²) >= 11 is 7.44. The standard InChI is InChI=1S/C18H22N2OS2/c1-14-5-2-6-15(11-14)19-18(22)20(12-16-7-3-9-21-16)13-17-8-4-10-23-17/h2,4-6,8,10-11,16H,3,7,9,12-13H2,1H3,(H,19,22)/t16-/m0/s1. The number of hydrogen-bond donors (Lipinski definition) is 1. The van der Waals surface area contributed by atoms with Gasteiger partial charge in [-0.3, -0.25) is 0 Å². The molecule has 0 aliphatic carbocycles. The van der Waals surface area contributed by atoms with Crippen LogP contribution in [-0.4, -0.2) is 29.3 Å². The van der Waals surface area contributed by atoms with Crippen molar-refractivity contribution in [3.05, 3.63) is 52.2 Å². The van der Waals surface area contributed by atoms with Crippen LogP contribution in [0.1, 0.15) is 23.3 Å². The Kier molecular flexibility index (Phi) is 5.65. The Morgan fingerprint density at radius 2 is 2.30 bits per heavy atom. The molecule has 3 nitrogen and oxygen atoms in total. The third-order valence-electron chi connectivity index (χ3n) is 3.93. The van der Waals surface area contributed by atoms with Crippen LogP contribution in [0.4, 0.5) is 5.69 Å². The van der Waals surface area contributed by atoms with Gasteiger partial charge in [-0.1, -0.05) is 18.2 Å². The van der Waals surface area contributed by atoms with E-state index in [1.165, 1.54) is 10.4 Å². The highest BCUT2D eigenvalue weighted by molar-refractivity contribution is 7.80. The second kappa shape index (κ2) is 7.90. The largest absolute Gasteiger partial charge is 0.376 e. The molecule has 122 valence electrons. The first-order valence-corrected chi connectivity index (χ1v) is 9.26. The minimum absolute atomic E-state index is 0.284. The molecule has 0 spiro atoms. The summed E-state index contributed by atoms with van der Waals surface area (Å²) in [5.41, 5.74) is 2.26. The Hall–Kier alpha value is -1.43. The Bertz CT molecular complexity index is 636. The van der Waals surface area contributed by atoms with Crippen molar-refractivity contribution >= 4 is 34.4 Å². The minimum atomic E-state index is 0.284. The lowest BCUT2D eigenvalue weighted by atomic mass is 10.2. The van der Waals surface area contributed by atoms with Gasteiger partial charge in [-0.25, -0.2) is 0 Å². The number of ether oxygens (including phenoxy) is 1. The average Bonchev–Trinajstić information content (AvgIpc) is 3.20. The van der Waals surface area contributed by atoms with E-state index in [2.05, 4.69) is 52.9 Å². The van der Waals surface area contributed by atoms with Crippen LogP contribution >= 0.6 is 23.6 Å². The summed E-state index contributed by atoms with van der Waals surface area (Å²) in [5, 5.41) is 6.25. The summed E-state index contributed by atoms with van der Waals surface area (Å²) in [6.45, 7) is 4.63. The van der Waals surface area contributed by atoms with E-state index in [0.717, 1.165) is 43.3 Å². The molecule has 1 aliphatic heterocycles. The molecule has 2 heterocycles. The van der Waals surface area contributed by atoms with E-state index in [4.69, 9.17) is 17.0 Å². The minimum Gasteiger partial charge on any atom is -0.376 e. The molecule has 0 amide bonds. The quantitative estimate of drug-likeness (QED) is 0.809. The van der Waals surface area contributed by atoms with Crippen molar-refractivity contribution < 1.29 is 4.74 Å². The topological polar surface area (TPSA) is 24.5 Å². The molecule has 1 N–H and O–H groups in total. The fourth-order valence-corrected chi connectivity index (χ4v) is 3.75. The molecule has 1 aromatic carbocycles. The van der Waals surface area contributed by atoms with Crippen LogP contribution in [0.2, 0.25) is 0 Å². The second-order valence-corrected chi connectivity index (χ2v) is 7.31. The number of nitrogens with one attached hydrogen (secondary N) is 1. The molecule has 0 bridgehead atoms. The third-order valence-corrected chi connectivity index (χ3v) is 5.15. The van der Waals surface area contributed by atoms with Crippen molar-refractivity contribution in [2.24, 2.45) is 0 Å². The summed E-state index contributed by atoms with van der Waals surface area (Å²) in [5.74, 6) is 0. The van der Waals surface area contributed by atoms with E-state index in [1.54, 1.807) is 11.3 Å². The SMILES string of the molecule is Cc1cccc(NC(=S)N(Cc2cccs2)C[C@@H]2CCCO2)c1. The van der Waals surface area contributed by atoms with Crippen LogP contribution in [-0.2, 0) is 11.3 Å². The Balaban J connectivity index is 1.68. The van der Waals surface area contributed by atoms with Gasteiger partial charge in [-0.05, 0) is 61.1 Å². The molecule has 1 fully saturated rings. The second-order valence-electron chi connectivity index (χ2n) is 5.89. The van der Waals surface area contributed by atoms with Gasteiger partial charge in [0.25, 0.3) is 0 Å². The smallest absolute Gasteiger partial charge is 0.173 e. The van der Waals surface area contributed by atoms with Crippen molar-refractivity contribution in [3.63, 3.8) is 0 Å². The number of rotatable bonds is 5.